The van der Waals surface area contributed by atoms with Crippen LogP contribution in [0.25, 0.3) is 5.57 Å². The third kappa shape index (κ3) is 4.92. The Hall–Kier alpha value is -3.38. The lowest BCUT2D eigenvalue weighted by atomic mass is 9.94. The van der Waals surface area contributed by atoms with Crippen molar-refractivity contribution in [3.8, 4) is 0 Å². The van der Waals surface area contributed by atoms with Crippen LogP contribution in [-0.2, 0) is 9.53 Å². The molecule has 0 saturated heterocycles. The smallest absolute Gasteiger partial charge is 0.338 e. The van der Waals surface area contributed by atoms with Crippen LogP contribution in [0, 0.1) is 6.92 Å². The average molecular weight is 432 g/mol. The molecule has 2 N–H and O–H groups in total. The Morgan fingerprint density at radius 1 is 1.12 bits per heavy atom. The Morgan fingerprint density at radius 3 is 2.53 bits per heavy atom. The molecule has 0 bridgehead atoms. The van der Waals surface area contributed by atoms with Gasteiger partial charge in [0.1, 0.15) is 0 Å². The molecule has 6 heteroatoms. The number of nitrogens with one attached hydrogen (secondary N) is 2. The van der Waals surface area contributed by atoms with Crippen LogP contribution in [0.5, 0.6) is 0 Å². The van der Waals surface area contributed by atoms with Gasteiger partial charge in [0, 0.05) is 25.3 Å². The summed E-state index contributed by atoms with van der Waals surface area (Å²) in [6, 6.07) is 17.4. The summed E-state index contributed by atoms with van der Waals surface area (Å²) in [6.45, 7) is 6.14. The van der Waals surface area contributed by atoms with Gasteiger partial charge in [-0.15, -0.1) is 0 Å². The Morgan fingerprint density at radius 2 is 1.88 bits per heavy atom. The maximum absolute atomic E-state index is 12.9. The van der Waals surface area contributed by atoms with Crippen LogP contribution < -0.4 is 10.6 Å². The van der Waals surface area contributed by atoms with E-state index in [0.29, 0.717) is 17.8 Å². The van der Waals surface area contributed by atoms with E-state index in [1.54, 1.807) is 6.92 Å². The molecule has 0 fully saturated rings. The van der Waals surface area contributed by atoms with Gasteiger partial charge < -0.3 is 15.4 Å². The number of rotatable bonds is 6. The van der Waals surface area contributed by atoms with Gasteiger partial charge in [0.25, 0.3) is 0 Å². The van der Waals surface area contributed by atoms with Gasteiger partial charge in [0.05, 0.1) is 18.2 Å². The number of carbonyl (C=O) groups is 2. The summed E-state index contributed by atoms with van der Waals surface area (Å²) in [5, 5.41) is 5.77. The summed E-state index contributed by atoms with van der Waals surface area (Å²) in [5.41, 5.74) is 5.62. The Labute approximate surface area is 189 Å². The molecule has 2 aromatic rings. The highest BCUT2D eigenvalue weighted by atomic mass is 16.5. The second kappa shape index (κ2) is 9.83. The lowest BCUT2D eigenvalue weighted by Gasteiger charge is -2.33. The first-order valence-corrected chi connectivity index (χ1v) is 11.1. The summed E-state index contributed by atoms with van der Waals surface area (Å²) in [4.78, 5) is 27.7. The van der Waals surface area contributed by atoms with Gasteiger partial charge in [-0.05, 0) is 37.0 Å². The van der Waals surface area contributed by atoms with Crippen molar-refractivity contribution < 1.29 is 14.3 Å². The molecule has 0 spiro atoms. The minimum Gasteiger partial charge on any atom is -0.463 e. The van der Waals surface area contributed by atoms with Crippen molar-refractivity contribution in [3.05, 3.63) is 88.6 Å². The number of aryl methyl sites for hydroxylation is 1. The Kier molecular flexibility index (Phi) is 6.71. The normalized spacial score (nSPS) is 19.1. The number of ether oxygens (including phenoxy) is 1. The van der Waals surface area contributed by atoms with E-state index in [1.165, 1.54) is 11.1 Å². The topological polar surface area (TPSA) is 70.7 Å². The molecule has 2 heterocycles. The van der Waals surface area contributed by atoms with E-state index in [1.807, 2.05) is 37.3 Å². The molecule has 2 aliphatic rings. The summed E-state index contributed by atoms with van der Waals surface area (Å²) >= 11 is 0. The first-order chi connectivity index (χ1) is 15.5. The van der Waals surface area contributed by atoms with Gasteiger partial charge in [-0.25, -0.2) is 9.59 Å². The van der Waals surface area contributed by atoms with E-state index >= 15 is 0 Å². The van der Waals surface area contributed by atoms with Gasteiger partial charge in [0.2, 0.25) is 0 Å². The summed E-state index contributed by atoms with van der Waals surface area (Å²) in [6.07, 6.45) is 3.14. The predicted molar refractivity (Wildman–Crippen MR) is 125 cm³/mol. The van der Waals surface area contributed by atoms with Crippen molar-refractivity contribution in [1.82, 2.24) is 15.5 Å². The molecule has 0 aromatic heterocycles. The summed E-state index contributed by atoms with van der Waals surface area (Å²) < 4.78 is 5.37. The van der Waals surface area contributed by atoms with E-state index in [2.05, 4.69) is 45.9 Å². The molecule has 0 unspecified atom stereocenters. The zero-order chi connectivity index (χ0) is 22.5. The monoisotopic (exact) mass is 431 g/mol. The van der Waals surface area contributed by atoms with Gasteiger partial charge in [-0.3, -0.25) is 4.90 Å². The van der Waals surface area contributed by atoms with Crippen molar-refractivity contribution in [2.24, 2.45) is 0 Å². The highest BCUT2D eigenvalue weighted by Gasteiger charge is 2.34. The van der Waals surface area contributed by atoms with Crippen LogP contribution in [0.15, 0.2) is 71.9 Å². The predicted octanol–water partition coefficient (Wildman–Crippen LogP) is 3.96. The number of hydrogen-bond acceptors (Lipinski definition) is 4. The summed E-state index contributed by atoms with van der Waals surface area (Å²) in [7, 11) is 0. The SMILES string of the molecule is CCOC(=O)C1=C(CN2CC=C(c3ccccc3)CC2)NC(=O)N[C@H]1c1ccc(C)cc1. The zero-order valence-electron chi connectivity index (χ0n) is 18.6. The molecule has 2 aliphatic heterocycles. The van der Waals surface area contributed by atoms with E-state index in [0.717, 1.165) is 30.6 Å². The molecule has 4 rings (SSSR count). The number of amides is 2. The standard InChI is InChI=1S/C26H29N3O3/c1-3-32-25(30)23-22(27-26(31)28-24(23)21-11-9-18(2)10-12-21)17-29-15-13-20(14-16-29)19-7-5-4-6-8-19/h4-13,24H,3,14-17H2,1-2H3,(H2,27,28,31)/t24-/m0/s1. The van der Waals surface area contributed by atoms with Crippen LogP contribution in [0.3, 0.4) is 0 Å². The fourth-order valence-corrected chi connectivity index (χ4v) is 4.19. The second-order valence-corrected chi connectivity index (χ2v) is 8.14. The Bertz CT molecular complexity index is 1040. The fraction of sp³-hybridized carbons (Fsp3) is 0.308. The van der Waals surface area contributed by atoms with Gasteiger partial charge in [-0.2, -0.15) is 0 Å². The van der Waals surface area contributed by atoms with E-state index in [-0.39, 0.29) is 12.6 Å². The van der Waals surface area contributed by atoms with Crippen LogP contribution in [-0.4, -0.2) is 43.1 Å². The fourth-order valence-electron chi connectivity index (χ4n) is 4.19. The number of nitrogens with zero attached hydrogens (tertiary/aromatic N) is 1. The van der Waals surface area contributed by atoms with Crippen molar-refractivity contribution >= 4 is 17.6 Å². The minimum absolute atomic E-state index is 0.275. The van der Waals surface area contributed by atoms with Crippen molar-refractivity contribution in [2.45, 2.75) is 26.3 Å². The second-order valence-electron chi connectivity index (χ2n) is 8.14. The van der Waals surface area contributed by atoms with Crippen molar-refractivity contribution in [2.75, 3.05) is 26.2 Å². The number of hydrogen-bond donors (Lipinski definition) is 2. The highest BCUT2D eigenvalue weighted by Crippen LogP contribution is 2.29. The molecule has 166 valence electrons. The molecular formula is C26H29N3O3. The zero-order valence-corrected chi connectivity index (χ0v) is 18.6. The molecule has 6 nitrogen and oxygen atoms in total. The van der Waals surface area contributed by atoms with Crippen molar-refractivity contribution in [3.63, 3.8) is 0 Å². The number of carbonyl (C=O) groups excluding carboxylic acids is 2. The third-order valence-electron chi connectivity index (χ3n) is 5.88. The number of urea groups is 1. The average Bonchev–Trinajstić information content (AvgIpc) is 2.80. The van der Waals surface area contributed by atoms with Gasteiger partial charge in [-0.1, -0.05) is 66.2 Å². The first kappa shape index (κ1) is 21.8. The van der Waals surface area contributed by atoms with Crippen LogP contribution in [0.2, 0.25) is 0 Å². The first-order valence-electron chi connectivity index (χ1n) is 11.1. The van der Waals surface area contributed by atoms with Gasteiger partial charge >= 0.3 is 12.0 Å². The molecule has 1 atom stereocenters. The minimum atomic E-state index is -0.543. The quantitative estimate of drug-likeness (QED) is 0.680. The van der Waals surface area contributed by atoms with Crippen LogP contribution in [0.1, 0.15) is 36.1 Å². The number of esters is 1. The maximum Gasteiger partial charge on any atom is 0.338 e. The molecule has 0 saturated carbocycles. The maximum atomic E-state index is 12.9. The molecule has 2 aromatic carbocycles. The largest absolute Gasteiger partial charge is 0.463 e. The van der Waals surface area contributed by atoms with Crippen molar-refractivity contribution in [1.29, 1.82) is 0 Å². The van der Waals surface area contributed by atoms with Gasteiger partial charge in [0.15, 0.2) is 0 Å². The lowest BCUT2D eigenvalue weighted by Crippen LogP contribution is -2.48. The Balaban J connectivity index is 1.60. The van der Waals surface area contributed by atoms with E-state index in [4.69, 9.17) is 4.74 Å². The molecule has 2 amide bonds. The highest BCUT2D eigenvalue weighted by molar-refractivity contribution is 5.95. The molecule has 32 heavy (non-hydrogen) atoms. The third-order valence-corrected chi connectivity index (χ3v) is 5.88. The van der Waals surface area contributed by atoms with E-state index < -0.39 is 12.0 Å². The lowest BCUT2D eigenvalue weighted by molar-refractivity contribution is -0.139. The van der Waals surface area contributed by atoms with Crippen LogP contribution in [0.4, 0.5) is 4.79 Å². The van der Waals surface area contributed by atoms with Crippen LogP contribution >= 0.6 is 0 Å². The number of benzene rings is 2. The molecular weight excluding hydrogens is 402 g/mol. The molecule has 0 radical (unpaired) electrons. The summed E-state index contributed by atoms with van der Waals surface area (Å²) in [5.74, 6) is -0.405. The molecule has 0 aliphatic carbocycles. The van der Waals surface area contributed by atoms with E-state index in [9.17, 15) is 9.59 Å².